The van der Waals surface area contributed by atoms with Gasteiger partial charge < -0.3 is 40.3 Å². The van der Waals surface area contributed by atoms with Gasteiger partial charge >= 0.3 is 0 Å². The molecule has 1 heterocycles. The number of amides is 1. The van der Waals surface area contributed by atoms with Crippen LogP contribution in [-0.4, -0.2) is 87.5 Å². The Bertz CT molecular complexity index is 1750. The van der Waals surface area contributed by atoms with Crippen molar-refractivity contribution in [2.75, 3.05) is 13.2 Å². The van der Waals surface area contributed by atoms with Crippen molar-refractivity contribution in [3.8, 4) is 0 Å². The fraction of sp³-hybridized carbons (Fsp3) is 0.821. The Morgan fingerprint density at radius 1 is 0.376 bits per heavy atom. The molecule has 9 nitrogen and oxygen atoms in total. The van der Waals surface area contributed by atoms with Crippen LogP contribution in [0.5, 0.6) is 0 Å². The molecule has 1 amide bonds. The topological polar surface area (TPSA) is 149 Å². The van der Waals surface area contributed by atoms with Gasteiger partial charge in [0.15, 0.2) is 6.29 Å². The van der Waals surface area contributed by atoms with Gasteiger partial charge in [-0.25, -0.2) is 0 Å². The molecule has 6 N–H and O–H groups in total. The van der Waals surface area contributed by atoms with E-state index in [1.54, 1.807) is 6.08 Å². The zero-order chi connectivity index (χ0) is 67.1. The number of hydrogen-bond donors (Lipinski definition) is 6. The quantitative estimate of drug-likeness (QED) is 0.0261. The van der Waals surface area contributed by atoms with Crippen molar-refractivity contribution in [3.63, 3.8) is 0 Å². The summed E-state index contributed by atoms with van der Waals surface area (Å²) in [5, 5.41) is 54.9. The maximum Gasteiger partial charge on any atom is 0.220 e. The van der Waals surface area contributed by atoms with E-state index in [2.05, 4.69) is 92.1 Å². The van der Waals surface area contributed by atoms with Gasteiger partial charge in [-0.05, 0) is 70.6 Å². The zero-order valence-corrected chi connectivity index (χ0v) is 61.0. The van der Waals surface area contributed by atoms with Gasteiger partial charge in [-0.15, -0.1) is 0 Å². The molecule has 1 rings (SSSR count). The number of rotatable bonds is 71. The summed E-state index contributed by atoms with van der Waals surface area (Å²) in [4.78, 5) is 13.2. The smallest absolute Gasteiger partial charge is 0.220 e. The molecule has 0 aromatic carbocycles. The normalized spacial score (nSPS) is 18.0. The number of ether oxygens (including phenoxy) is 2. The summed E-state index contributed by atoms with van der Waals surface area (Å²) in [5.41, 5.74) is 0. The summed E-state index contributed by atoms with van der Waals surface area (Å²) < 4.78 is 11.4. The second-order valence-corrected chi connectivity index (χ2v) is 27.8. The van der Waals surface area contributed by atoms with E-state index < -0.39 is 49.5 Å². The molecule has 1 aliphatic heterocycles. The minimum atomic E-state index is -1.57. The highest BCUT2D eigenvalue weighted by Crippen LogP contribution is 2.24. The van der Waals surface area contributed by atoms with E-state index in [1.165, 1.54) is 289 Å². The van der Waals surface area contributed by atoms with Gasteiger partial charge in [0.2, 0.25) is 5.91 Å². The lowest BCUT2D eigenvalue weighted by atomic mass is 9.99. The summed E-state index contributed by atoms with van der Waals surface area (Å²) in [7, 11) is 0. The highest BCUT2D eigenvalue weighted by atomic mass is 16.7. The van der Waals surface area contributed by atoms with Crippen molar-refractivity contribution in [2.24, 2.45) is 0 Å². The Hall–Kier alpha value is -2.63. The van der Waals surface area contributed by atoms with Crippen LogP contribution in [0.2, 0.25) is 0 Å². The molecule has 542 valence electrons. The maximum absolute atomic E-state index is 13.2. The van der Waals surface area contributed by atoms with E-state index in [-0.39, 0.29) is 12.5 Å². The van der Waals surface area contributed by atoms with Crippen LogP contribution in [-0.2, 0) is 14.3 Å². The third-order valence-electron chi connectivity index (χ3n) is 19.0. The molecular formula is C84H153NO8. The summed E-state index contributed by atoms with van der Waals surface area (Å²) in [5.74, 6) is -0.172. The fourth-order valence-corrected chi connectivity index (χ4v) is 12.8. The van der Waals surface area contributed by atoms with Crippen molar-refractivity contribution in [3.05, 3.63) is 85.1 Å². The van der Waals surface area contributed by atoms with Crippen molar-refractivity contribution in [1.29, 1.82) is 0 Å². The van der Waals surface area contributed by atoms with Crippen molar-refractivity contribution >= 4 is 5.91 Å². The number of carbonyl (C=O) groups is 1. The third-order valence-corrected chi connectivity index (χ3v) is 19.0. The van der Waals surface area contributed by atoms with E-state index in [0.29, 0.717) is 6.42 Å². The van der Waals surface area contributed by atoms with Crippen LogP contribution in [0.1, 0.15) is 386 Å². The van der Waals surface area contributed by atoms with E-state index in [0.717, 1.165) is 77.0 Å². The van der Waals surface area contributed by atoms with Gasteiger partial charge in [-0.1, -0.05) is 394 Å². The van der Waals surface area contributed by atoms with E-state index in [4.69, 9.17) is 9.47 Å². The van der Waals surface area contributed by atoms with Crippen molar-refractivity contribution < 1.29 is 39.8 Å². The first kappa shape index (κ1) is 88.4. The SMILES string of the molecule is CC/C=C\C/C=C\C/C=C\C/C=C\C/C=C\C/C=C\CCCCCCCCCCCCCCCCCCCCC(=O)NC(COC1OC(CO)C(O)C(O)C1O)C(O)/C=C/CCCCCCCCCCCCCCCCCCCCCCCCCCCCCCCCC. The Morgan fingerprint density at radius 2 is 0.667 bits per heavy atom. The maximum atomic E-state index is 13.2. The van der Waals surface area contributed by atoms with Gasteiger partial charge in [0.05, 0.1) is 25.4 Å². The van der Waals surface area contributed by atoms with Crippen LogP contribution in [0, 0.1) is 0 Å². The summed E-state index contributed by atoms with van der Waals surface area (Å²) in [6.45, 7) is 3.72. The average molecular weight is 1310 g/mol. The molecule has 1 aliphatic rings. The van der Waals surface area contributed by atoms with Crippen LogP contribution in [0.25, 0.3) is 0 Å². The second-order valence-electron chi connectivity index (χ2n) is 27.8. The summed E-state index contributed by atoms with van der Waals surface area (Å²) in [6, 6.07) is -0.810. The van der Waals surface area contributed by atoms with E-state index in [1.807, 2.05) is 6.08 Å². The molecule has 0 spiro atoms. The number of unbranched alkanes of at least 4 members (excludes halogenated alkanes) is 49. The van der Waals surface area contributed by atoms with Crippen LogP contribution in [0.3, 0.4) is 0 Å². The number of aliphatic hydroxyl groups is 5. The molecular weight excluding hydrogens is 1150 g/mol. The van der Waals surface area contributed by atoms with Crippen LogP contribution >= 0.6 is 0 Å². The average Bonchev–Trinajstić information content (AvgIpc) is 1.01. The molecule has 9 heteroatoms. The summed E-state index contributed by atoms with van der Waals surface area (Å²) in [6.07, 6.45) is 97.3. The monoisotopic (exact) mass is 1300 g/mol. The largest absolute Gasteiger partial charge is 0.394 e. The van der Waals surface area contributed by atoms with E-state index >= 15 is 0 Å². The lowest BCUT2D eigenvalue weighted by molar-refractivity contribution is -0.302. The molecule has 0 aliphatic carbocycles. The Morgan fingerprint density at radius 3 is 0.989 bits per heavy atom. The molecule has 7 unspecified atom stereocenters. The van der Waals surface area contributed by atoms with Gasteiger partial charge in [-0.2, -0.15) is 0 Å². The van der Waals surface area contributed by atoms with Crippen molar-refractivity contribution in [1.82, 2.24) is 5.32 Å². The molecule has 1 saturated heterocycles. The van der Waals surface area contributed by atoms with Crippen LogP contribution in [0.4, 0.5) is 0 Å². The predicted octanol–water partition coefficient (Wildman–Crippen LogP) is 23.2. The number of carbonyl (C=O) groups excluding carboxylic acids is 1. The van der Waals surface area contributed by atoms with Crippen LogP contribution in [0.15, 0.2) is 85.1 Å². The number of hydrogen-bond acceptors (Lipinski definition) is 8. The third kappa shape index (κ3) is 60.3. The van der Waals surface area contributed by atoms with E-state index in [9.17, 15) is 30.3 Å². The molecule has 0 saturated carbocycles. The standard InChI is InChI=1S/C84H153NO8/c1-3-5-7-9-11-13-15-17-19-21-23-25-27-29-31-33-35-37-38-39-40-42-44-46-48-50-52-54-56-58-60-62-64-66-68-70-72-74-80(88)85-77(76-92-84-83(91)82(90)81(89)79(75-86)93-84)78(87)73-71-69-67-65-63-61-59-57-55-53-51-49-47-45-43-41-36-34-32-30-28-26-24-22-20-18-16-14-12-10-8-6-4-2/h5,7,11,13,17,19,23,25,29,31,35,37,71,73,77-79,81-84,86-87,89-91H,3-4,6,8-10,12,14-16,18,20-22,24,26-28,30,32-34,36,38-70,72,74-76H2,1-2H3,(H,85,88)/b7-5-,13-11-,19-17-,25-23-,31-29-,37-35-,73-71+. The predicted molar refractivity (Wildman–Crippen MR) is 401 cm³/mol. The zero-order valence-electron chi connectivity index (χ0n) is 61.0. The first-order valence-electron chi connectivity index (χ1n) is 40.3. The first-order valence-corrected chi connectivity index (χ1v) is 40.3. The molecule has 0 aromatic heterocycles. The molecule has 0 radical (unpaired) electrons. The van der Waals surface area contributed by atoms with Crippen LogP contribution < -0.4 is 5.32 Å². The molecule has 7 atom stereocenters. The van der Waals surface area contributed by atoms with Gasteiger partial charge in [0.25, 0.3) is 0 Å². The second kappa shape index (κ2) is 72.1. The minimum Gasteiger partial charge on any atom is -0.394 e. The van der Waals surface area contributed by atoms with Gasteiger partial charge in [0.1, 0.15) is 24.4 Å². The molecule has 0 aromatic rings. The number of allylic oxidation sites excluding steroid dienone is 13. The highest BCUT2D eigenvalue weighted by Gasteiger charge is 2.44. The Labute approximate surface area is 575 Å². The molecule has 93 heavy (non-hydrogen) atoms. The Kier molecular flexibility index (Phi) is 68.5. The van der Waals surface area contributed by atoms with Gasteiger partial charge in [0, 0.05) is 6.42 Å². The van der Waals surface area contributed by atoms with Crippen molar-refractivity contribution in [2.45, 2.75) is 429 Å². The minimum absolute atomic E-state index is 0.172. The fourth-order valence-electron chi connectivity index (χ4n) is 12.8. The lowest BCUT2D eigenvalue weighted by Crippen LogP contribution is -2.60. The number of aliphatic hydroxyl groups excluding tert-OH is 5. The first-order chi connectivity index (χ1) is 45.8. The lowest BCUT2D eigenvalue weighted by Gasteiger charge is -2.40. The summed E-state index contributed by atoms with van der Waals surface area (Å²) >= 11 is 0. The Balaban J connectivity index is 2.07. The highest BCUT2D eigenvalue weighted by molar-refractivity contribution is 5.76. The molecule has 0 bridgehead atoms. The molecule has 1 fully saturated rings. The number of nitrogens with one attached hydrogen (secondary N) is 1. The van der Waals surface area contributed by atoms with Gasteiger partial charge in [-0.3, -0.25) is 4.79 Å².